The number of H-pyrrole nitrogens is 1. The average molecular weight is 258 g/mol. The summed E-state index contributed by atoms with van der Waals surface area (Å²) >= 11 is 0. The van der Waals surface area contributed by atoms with Gasteiger partial charge in [-0.3, -0.25) is 4.79 Å². The molecule has 1 heterocycles. The van der Waals surface area contributed by atoms with Crippen molar-refractivity contribution in [2.75, 3.05) is 0 Å². The molecule has 2 aromatic rings. The van der Waals surface area contributed by atoms with E-state index < -0.39 is 0 Å². The smallest absolute Gasteiger partial charge is 0.251 e. The van der Waals surface area contributed by atoms with E-state index in [1.54, 1.807) is 18.5 Å². The van der Waals surface area contributed by atoms with Crippen LogP contribution in [0.1, 0.15) is 41.1 Å². The van der Waals surface area contributed by atoms with Crippen LogP contribution in [-0.2, 0) is 6.54 Å². The summed E-state index contributed by atoms with van der Waals surface area (Å²) in [6.45, 7) is 2.43. The van der Waals surface area contributed by atoms with Crippen molar-refractivity contribution in [2.45, 2.75) is 25.9 Å². The van der Waals surface area contributed by atoms with E-state index in [0.29, 0.717) is 12.1 Å². The zero-order chi connectivity index (χ0) is 13.7. The fourth-order valence-corrected chi connectivity index (χ4v) is 1.91. The number of rotatable bonds is 5. The molecule has 1 aromatic heterocycles. The van der Waals surface area contributed by atoms with Crippen LogP contribution in [0, 0.1) is 0 Å². The lowest BCUT2D eigenvalue weighted by Gasteiger charge is -2.15. The molecule has 2 rings (SSSR count). The number of aromatic nitrogens is 2. The number of benzene rings is 1. The minimum absolute atomic E-state index is 0.107. The van der Waals surface area contributed by atoms with Crippen molar-refractivity contribution in [2.24, 2.45) is 5.73 Å². The quantitative estimate of drug-likeness (QED) is 0.764. The Kier molecular flexibility index (Phi) is 4.30. The van der Waals surface area contributed by atoms with Gasteiger partial charge in [0.2, 0.25) is 0 Å². The molecule has 1 atom stereocenters. The van der Waals surface area contributed by atoms with E-state index in [1.165, 1.54) is 0 Å². The SMILES string of the molecule is CCC(NC(=O)c1cccc(CN)c1)c1ncc[nH]1. The summed E-state index contributed by atoms with van der Waals surface area (Å²) in [5, 5.41) is 2.96. The number of aromatic amines is 1. The predicted octanol–water partition coefficient (Wildman–Crippen LogP) is 1.75. The Morgan fingerprint density at radius 3 is 3.00 bits per heavy atom. The van der Waals surface area contributed by atoms with Crippen molar-refractivity contribution in [1.82, 2.24) is 15.3 Å². The van der Waals surface area contributed by atoms with E-state index in [4.69, 9.17) is 5.73 Å². The monoisotopic (exact) mass is 258 g/mol. The maximum atomic E-state index is 12.2. The highest BCUT2D eigenvalue weighted by atomic mass is 16.1. The summed E-state index contributed by atoms with van der Waals surface area (Å²) in [6.07, 6.45) is 4.20. The highest BCUT2D eigenvalue weighted by molar-refractivity contribution is 5.94. The van der Waals surface area contributed by atoms with Gasteiger partial charge in [0.05, 0.1) is 6.04 Å². The minimum atomic E-state index is -0.112. The second-order valence-electron chi connectivity index (χ2n) is 4.31. The van der Waals surface area contributed by atoms with Gasteiger partial charge >= 0.3 is 0 Å². The first-order chi connectivity index (χ1) is 9.24. The van der Waals surface area contributed by atoms with Crippen molar-refractivity contribution < 1.29 is 4.79 Å². The van der Waals surface area contributed by atoms with E-state index in [0.717, 1.165) is 17.8 Å². The first-order valence-corrected chi connectivity index (χ1v) is 6.33. The third-order valence-corrected chi connectivity index (χ3v) is 2.99. The highest BCUT2D eigenvalue weighted by Crippen LogP contribution is 2.13. The molecule has 0 saturated carbocycles. The van der Waals surface area contributed by atoms with Gasteiger partial charge in [-0.1, -0.05) is 19.1 Å². The zero-order valence-corrected chi connectivity index (χ0v) is 10.9. The van der Waals surface area contributed by atoms with Crippen molar-refractivity contribution in [3.63, 3.8) is 0 Å². The third-order valence-electron chi connectivity index (χ3n) is 2.99. The lowest BCUT2D eigenvalue weighted by molar-refractivity contribution is 0.0934. The predicted molar refractivity (Wildman–Crippen MR) is 73.4 cm³/mol. The molecule has 0 spiro atoms. The Balaban J connectivity index is 2.11. The fourth-order valence-electron chi connectivity index (χ4n) is 1.91. The van der Waals surface area contributed by atoms with Crippen LogP contribution in [0.5, 0.6) is 0 Å². The van der Waals surface area contributed by atoms with Gasteiger partial charge < -0.3 is 16.0 Å². The number of nitrogens with two attached hydrogens (primary N) is 1. The van der Waals surface area contributed by atoms with Gasteiger partial charge in [0.15, 0.2) is 0 Å². The summed E-state index contributed by atoms with van der Waals surface area (Å²) in [5.74, 6) is 0.657. The first kappa shape index (κ1) is 13.3. The van der Waals surface area contributed by atoms with Gasteiger partial charge in [0.25, 0.3) is 5.91 Å². The van der Waals surface area contributed by atoms with Crippen LogP contribution in [0.25, 0.3) is 0 Å². The van der Waals surface area contributed by atoms with E-state index >= 15 is 0 Å². The van der Waals surface area contributed by atoms with E-state index in [-0.39, 0.29) is 11.9 Å². The molecule has 5 nitrogen and oxygen atoms in total. The molecule has 4 N–H and O–H groups in total. The van der Waals surface area contributed by atoms with Gasteiger partial charge in [0, 0.05) is 24.5 Å². The summed E-state index contributed by atoms with van der Waals surface area (Å²) < 4.78 is 0. The average Bonchev–Trinajstić information content (AvgIpc) is 2.98. The second-order valence-corrected chi connectivity index (χ2v) is 4.31. The van der Waals surface area contributed by atoms with Crippen LogP contribution >= 0.6 is 0 Å². The zero-order valence-electron chi connectivity index (χ0n) is 10.9. The van der Waals surface area contributed by atoms with Crippen molar-refractivity contribution in [3.8, 4) is 0 Å². The number of carbonyl (C=O) groups is 1. The molecule has 1 amide bonds. The summed E-state index contributed by atoms with van der Waals surface area (Å²) in [4.78, 5) is 19.4. The number of hydrogen-bond donors (Lipinski definition) is 3. The highest BCUT2D eigenvalue weighted by Gasteiger charge is 2.15. The number of amides is 1. The minimum Gasteiger partial charge on any atom is -0.347 e. The maximum Gasteiger partial charge on any atom is 0.251 e. The Morgan fingerprint density at radius 2 is 2.37 bits per heavy atom. The van der Waals surface area contributed by atoms with Crippen molar-refractivity contribution >= 4 is 5.91 Å². The molecular weight excluding hydrogens is 240 g/mol. The summed E-state index contributed by atoms with van der Waals surface area (Å²) in [6, 6.07) is 7.23. The van der Waals surface area contributed by atoms with Crippen LogP contribution in [-0.4, -0.2) is 15.9 Å². The third kappa shape index (κ3) is 3.20. The van der Waals surface area contributed by atoms with Crippen LogP contribution in [0.2, 0.25) is 0 Å². The van der Waals surface area contributed by atoms with Gasteiger partial charge in [-0.25, -0.2) is 4.98 Å². The van der Waals surface area contributed by atoms with Crippen molar-refractivity contribution in [3.05, 3.63) is 53.6 Å². The summed E-state index contributed by atoms with van der Waals surface area (Å²) in [7, 11) is 0. The second kappa shape index (κ2) is 6.15. The molecule has 0 aliphatic carbocycles. The lowest BCUT2D eigenvalue weighted by atomic mass is 10.1. The van der Waals surface area contributed by atoms with Gasteiger partial charge in [-0.05, 0) is 24.1 Å². The normalized spacial score (nSPS) is 12.1. The van der Waals surface area contributed by atoms with Crippen LogP contribution in [0.4, 0.5) is 0 Å². The number of imidazole rings is 1. The molecule has 5 heteroatoms. The molecule has 0 radical (unpaired) electrons. The molecule has 0 aliphatic heterocycles. The molecule has 19 heavy (non-hydrogen) atoms. The molecule has 0 saturated heterocycles. The first-order valence-electron chi connectivity index (χ1n) is 6.33. The van der Waals surface area contributed by atoms with Crippen LogP contribution < -0.4 is 11.1 Å². The molecule has 1 aromatic carbocycles. The molecule has 0 bridgehead atoms. The van der Waals surface area contributed by atoms with Crippen molar-refractivity contribution in [1.29, 1.82) is 0 Å². The van der Waals surface area contributed by atoms with Gasteiger partial charge in [0.1, 0.15) is 5.82 Å². The molecule has 1 unspecified atom stereocenters. The molecule has 0 fully saturated rings. The number of hydrogen-bond acceptors (Lipinski definition) is 3. The maximum absolute atomic E-state index is 12.2. The Hall–Kier alpha value is -2.14. The van der Waals surface area contributed by atoms with E-state index in [2.05, 4.69) is 15.3 Å². The standard InChI is InChI=1S/C14H18N4O/c1-2-12(13-16-6-7-17-13)18-14(19)11-5-3-4-10(8-11)9-15/h3-8,12H,2,9,15H2,1H3,(H,16,17)(H,18,19). The largest absolute Gasteiger partial charge is 0.347 e. The molecule has 0 aliphatic rings. The van der Waals surface area contributed by atoms with Crippen LogP contribution in [0.15, 0.2) is 36.7 Å². The number of nitrogens with one attached hydrogen (secondary N) is 2. The Labute approximate surface area is 112 Å². The summed E-state index contributed by atoms with van der Waals surface area (Å²) in [5.41, 5.74) is 7.14. The molecular formula is C14H18N4O. The van der Waals surface area contributed by atoms with E-state index in [1.807, 2.05) is 25.1 Å². The number of carbonyl (C=O) groups excluding carboxylic acids is 1. The van der Waals surface area contributed by atoms with Gasteiger partial charge in [-0.15, -0.1) is 0 Å². The fraction of sp³-hybridized carbons (Fsp3) is 0.286. The lowest BCUT2D eigenvalue weighted by Crippen LogP contribution is -2.29. The topological polar surface area (TPSA) is 83.8 Å². The van der Waals surface area contributed by atoms with Gasteiger partial charge in [-0.2, -0.15) is 0 Å². The molecule has 100 valence electrons. The Morgan fingerprint density at radius 1 is 1.53 bits per heavy atom. The van der Waals surface area contributed by atoms with E-state index in [9.17, 15) is 4.79 Å². The number of nitrogens with zero attached hydrogens (tertiary/aromatic N) is 1. The Bertz CT molecular complexity index is 536. The van der Waals surface area contributed by atoms with Crippen LogP contribution in [0.3, 0.4) is 0 Å².